The van der Waals surface area contributed by atoms with Crippen LogP contribution in [0, 0.1) is 11.8 Å². The summed E-state index contributed by atoms with van der Waals surface area (Å²) < 4.78 is 0. The molecular formula is C17H34N2. The molecule has 2 rings (SSSR count). The van der Waals surface area contributed by atoms with Crippen LogP contribution in [0.5, 0.6) is 0 Å². The molecule has 0 aliphatic heterocycles. The van der Waals surface area contributed by atoms with Crippen LogP contribution in [0.25, 0.3) is 0 Å². The van der Waals surface area contributed by atoms with E-state index in [9.17, 15) is 0 Å². The van der Waals surface area contributed by atoms with E-state index in [4.69, 9.17) is 5.73 Å². The quantitative estimate of drug-likeness (QED) is 0.839. The molecule has 3 unspecified atom stereocenters. The Morgan fingerprint density at radius 1 is 1.00 bits per heavy atom. The molecule has 0 spiro atoms. The van der Waals surface area contributed by atoms with Gasteiger partial charge in [0.15, 0.2) is 0 Å². The van der Waals surface area contributed by atoms with Crippen LogP contribution in [0.4, 0.5) is 0 Å². The summed E-state index contributed by atoms with van der Waals surface area (Å²) in [5.74, 6) is 1.82. The summed E-state index contributed by atoms with van der Waals surface area (Å²) in [6.45, 7) is 8.54. The van der Waals surface area contributed by atoms with Crippen LogP contribution in [0.15, 0.2) is 0 Å². The second kappa shape index (κ2) is 7.08. The Labute approximate surface area is 120 Å². The van der Waals surface area contributed by atoms with Crippen molar-refractivity contribution in [1.82, 2.24) is 4.90 Å². The van der Waals surface area contributed by atoms with Crippen LogP contribution in [-0.4, -0.2) is 29.6 Å². The lowest BCUT2D eigenvalue weighted by molar-refractivity contribution is 0.0385. The maximum absolute atomic E-state index is 6.08. The highest BCUT2D eigenvalue weighted by Crippen LogP contribution is 2.35. The van der Waals surface area contributed by atoms with Crippen LogP contribution < -0.4 is 5.73 Å². The third-order valence-corrected chi connectivity index (χ3v) is 5.50. The van der Waals surface area contributed by atoms with Gasteiger partial charge in [0, 0.05) is 18.1 Å². The van der Waals surface area contributed by atoms with Crippen molar-refractivity contribution in [3.63, 3.8) is 0 Å². The average Bonchev–Trinajstić information content (AvgIpc) is 2.38. The number of hydrogen-bond acceptors (Lipinski definition) is 2. The molecule has 2 saturated carbocycles. The molecule has 2 heteroatoms. The lowest BCUT2D eigenvalue weighted by Gasteiger charge is -2.46. The Kier molecular flexibility index (Phi) is 5.70. The third kappa shape index (κ3) is 3.95. The summed E-state index contributed by atoms with van der Waals surface area (Å²) in [5.41, 5.74) is 6.08. The Morgan fingerprint density at radius 2 is 1.68 bits per heavy atom. The zero-order chi connectivity index (χ0) is 13.8. The average molecular weight is 266 g/mol. The van der Waals surface area contributed by atoms with E-state index in [0.29, 0.717) is 6.04 Å². The Hall–Kier alpha value is -0.0800. The predicted molar refractivity (Wildman–Crippen MR) is 83.2 cm³/mol. The van der Waals surface area contributed by atoms with Crippen molar-refractivity contribution in [2.75, 3.05) is 6.54 Å². The van der Waals surface area contributed by atoms with E-state index < -0.39 is 0 Å². The van der Waals surface area contributed by atoms with E-state index in [-0.39, 0.29) is 0 Å². The largest absolute Gasteiger partial charge is 0.328 e. The van der Waals surface area contributed by atoms with E-state index in [2.05, 4.69) is 25.7 Å². The minimum Gasteiger partial charge on any atom is -0.328 e. The van der Waals surface area contributed by atoms with Crippen molar-refractivity contribution < 1.29 is 0 Å². The summed E-state index contributed by atoms with van der Waals surface area (Å²) in [4.78, 5) is 2.88. The molecule has 0 radical (unpaired) electrons. The van der Waals surface area contributed by atoms with Gasteiger partial charge in [-0.1, -0.05) is 20.8 Å². The van der Waals surface area contributed by atoms with Gasteiger partial charge in [0.05, 0.1) is 0 Å². The maximum atomic E-state index is 6.08. The molecule has 0 heterocycles. The molecule has 0 amide bonds. The first kappa shape index (κ1) is 15.3. The molecule has 2 nitrogen and oxygen atoms in total. The van der Waals surface area contributed by atoms with Crippen molar-refractivity contribution in [2.45, 2.75) is 90.3 Å². The van der Waals surface area contributed by atoms with Gasteiger partial charge in [-0.2, -0.15) is 0 Å². The first-order valence-electron chi connectivity index (χ1n) is 8.63. The molecule has 2 fully saturated rings. The zero-order valence-electron chi connectivity index (χ0n) is 13.3. The topological polar surface area (TPSA) is 29.3 Å². The smallest absolute Gasteiger partial charge is 0.0124 e. The number of rotatable bonds is 4. The van der Waals surface area contributed by atoms with Gasteiger partial charge in [-0.3, -0.25) is 4.90 Å². The summed E-state index contributed by atoms with van der Waals surface area (Å²) in [7, 11) is 0. The summed E-state index contributed by atoms with van der Waals surface area (Å²) >= 11 is 0. The molecule has 0 aromatic heterocycles. The van der Waals surface area contributed by atoms with Crippen molar-refractivity contribution in [3.8, 4) is 0 Å². The van der Waals surface area contributed by atoms with Crippen molar-refractivity contribution in [3.05, 3.63) is 0 Å². The lowest BCUT2D eigenvalue weighted by atomic mass is 9.77. The second-order valence-electron chi connectivity index (χ2n) is 7.27. The summed E-state index contributed by atoms with van der Waals surface area (Å²) in [5, 5.41) is 0. The number of hydrogen-bond donors (Lipinski definition) is 1. The molecule has 19 heavy (non-hydrogen) atoms. The van der Waals surface area contributed by atoms with Crippen LogP contribution in [-0.2, 0) is 0 Å². The van der Waals surface area contributed by atoms with Gasteiger partial charge in [-0.15, -0.1) is 0 Å². The normalized spacial score (nSPS) is 40.6. The van der Waals surface area contributed by atoms with Crippen molar-refractivity contribution in [1.29, 1.82) is 0 Å². The van der Waals surface area contributed by atoms with E-state index in [1.54, 1.807) is 0 Å². The molecule has 0 aromatic carbocycles. The van der Waals surface area contributed by atoms with E-state index in [1.807, 2.05) is 0 Å². The second-order valence-corrected chi connectivity index (χ2v) is 7.27. The van der Waals surface area contributed by atoms with E-state index in [1.165, 1.54) is 57.9 Å². The standard InChI is InChI=1S/C17H34N2/c1-4-11-19(16-8-6-15(18)7-9-16)17-10-5-13(2)12-14(17)3/h13-17H,4-12,18H2,1-3H3. The molecule has 2 N–H and O–H groups in total. The molecule has 2 aliphatic carbocycles. The Balaban J connectivity index is 1.98. The minimum absolute atomic E-state index is 0.475. The lowest BCUT2D eigenvalue weighted by Crippen LogP contribution is -2.50. The molecule has 2 aliphatic rings. The van der Waals surface area contributed by atoms with Gasteiger partial charge < -0.3 is 5.73 Å². The number of nitrogens with two attached hydrogens (primary N) is 1. The highest BCUT2D eigenvalue weighted by Gasteiger charge is 2.34. The van der Waals surface area contributed by atoms with Crippen molar-refractivity contribution in [2.24, 2.45) is 17.6 Å². The first-order chi connectivity index (χ1) is 9.11. The predicted octanol–water partition coefficient (Wildman–Crippen LogP) is 3.79. The van der Waals surface area contributed by atoms with Crippen LogP contribution >= 0.6 is 0 Å². The Bertz CT molecular complexity index is 258. The first-order valence-corrected chi connectivity index (χ1v) is 8.63. The molecule has 0 bridgehead atoms. The Morgan fingerprint density at radius 3 is 2.26 bits per heavy atom. The van der Waals surface area contributed by atoms with Crippen LogP contribution in [0.2, 0.25) is 0 Å². The van der Waals surface area contributed by atoms with E-state index in [0.717, 1.165) is 23.9 Å². The van der Waals surface area contributed by atoms with Crippen LogP contribution in [0.1, 0.15) is 72.1 Å². The van der Waals surface area contributed by atoms with E-state index >= 15 is 0 Å². The molecule has 0 aromatic rings. The molecule has 0 saturated heterocycles. The van der Waals surface area contributed by atoms with Gasteiger partial charge in [-0.25, -0.2) is 0 Å². The zero-order valence-corrected chi connectivity index (χ0v) is 13.3. The maximum Gasteiger partial charge on any atom is 0.0124 e. The fourth-order valence-electron chi connectivity index (χ4n) is 4.45. The van der Waals surface area contributed by atoms with Gasteiger partial charge in [0.2, 0.25) is 0 Å². The van der Waals surface area contributed by atoms with Crippen molar-refractivity contribution >= 4 is 0 Å². The van der Waals surface area contributed by atoms with Crippen LogP contribution in [0.3, 0.4) is 0 Å². The van der Waals surface area contributed by atoms with Gasteiger partial charge in [-0.05, 0) is 69.7 Å². The molecular weight excluding hydrogens is 232 g/mol. The molecule has 112 valence electrons. The molecule has 3 atom stereocenters. The van der Waals surface area contributed by atoms with Gasteiger partial charge >= 0.3 is 0 Å². The number of nitrogens with zero attached hydrogens (tertiary/aromatic N) is 1. The highest BCUT2D eigenvalue weighted by molar-refractivity contribution is 4.89. The fourth-order valence-corrected chi connectivity index (χ4v) is 4.45. The summed E-state index contributed by atoms with van der Waals surface area (Å²) in [6, 6.07) is 2.14. The highest BCUT2D eigenvalue weighted by atomic mass is 15.2. The summed E-state index contributed by atoms with van der Waals surface area (Å²) in [6.07, 6.45) is 10.7. The van der Waals surface area contributed by atoms with Gasteiger partial charge in [0.1, 0.15) is 0 Å². The minimum atomic E-state index is 0.475. The SMILES string of the molecule is CCCN(C1CCC(N)CC1)C1CCC(C)CC1C. The van der Waals surface area contributed by atoms with Gasteiger partial charge in [0.25, 0.3) is 0 Å². The third-order valence-electron chi connectivity index (χ3n) is 5.50. The fraction of sp³-hybridized carbons (Fsp3) is 1.00. The monoisotopic (exact) mass is 266 g/mol.